The van der Waals surface area contributed by atoms with Crippen LogP contribution in [-0.2, 0) is 16.0 Å². The van der Waals surface area contributed by atoms with Crippen LogP contribution in [0.5, 0.6) is 11.5 Å². The van der Waals surface area contributed by atoms with Gasteiger partial charge in [0.2, 0.25) is 6.79 Å². The van der Waals surface area contributed by atoms with Crippen molar-refractivity contribution >= 4 is 5.97 Å². The van der Waals surface area contributed by atoms with E-state index in [0.29, 0.717) is 11.6 Å². The summed E-state index contributed by atoms with van der Waals surface area (Å²) in [6.45, 7) is 4.06. The zero-order valence-corrected chi connectivity index (χ0v) is 17.7. The standard InChI is InChI=1S/C25H25NO5/c1-14-5-3-4-6-16(14)25(27)31-24-9-18-19-12-26(20(18)10-21(24)28-2)11-15-7-22-23(8-17(15)19)30-13-29-22/h3-9,19-21,24H,10-13H2,1-2H3/t19-,20-,21-,24-/m0/s1. The van der Waals surface area contributed by atoms with Crippen molar-refractivity contribution in [1.82, 2.24) is 4.90 Å². The van der Waals surface area contributed by atoms with Gasteiger partial charge in [0, 0.05) is 32.2 Å². The molecular weight excluding hydrogens is 394 g/mol. The molecule has 2 aromatic rings. The molecule has 3 aliphatic heterocycles. The lowest BCUT2D eigenvalue weighted by Crippen LogP contribution is -2.42. The monoisotopic (exact) mass is 419 g/mol. The van der Waals surface area contributed by atoms with Crippen LogP contribution in [0.15, 0.2) is 48.0 Å². The lowest BCUT2D eigenvalue weighted by atomic mass is 9.82. The molecule has 0 amide bonds. The fourth-order valence-corrected chi connectivity index (χ4v) is 5.54. The Morgan fingerprint density at radius 2 is 1.97 bits per heavy atom. The Labute approximate surface area is 181 Å². The maximum absolute atomic E-state index is 12.9. The molecule has 1 fully saturated rings. The zero-order chi connectivity index (χ0) is 21.1. The lowest BCUT2D eigenvalue weighted by Gasteiger charge is -2.34. The first-order valence-corrected chi connectivity index (χ1v) is 10.8. The summed E-state index contributed by atoms with van der Waals surface area (Å²) in [6, 6.07) is 12.1. The molecule has 6 heteroatoms. The minimum atomic E-state index is -0.402. The number of aryl methyl sites for hydroxylation is 1. The summed E-state index contributed by atoms with van der Waals surface area (Å²) < 4.78 is 23.0. The number of hydrogen-bond donors (Lipinski definition) is 0. The van der Waals surface area contributed by atoms with E-state index < -0.39 is 6.10 Å². The number of rotatable bonds is 3. The molecule has 6 rings (SSSR count). The highest BCUT2D eigenvalue weighted by Crippen LogP contribution is 2.50. The van der Waals surface area contributed by atoms with Gasteiger partial charge in [0.25, 0.3) is 0 Å². The van der Waals surface area contributed by atoms with E-state index in [9.17, 15) is 4.79 Å². The molecule has 4 aliphatic rings. The maximum atomic E-state index is 12.9. The minimum absolute atomic E-state index is 0.166. The lowest BCUT2D eigenvalue weighted by molar-refractivity contribution is -0.0317. The molecule has 0 radical (unpaired) electrons. The molecule has 160 valence electrons. The Morgan fingerprint density at radius 3 is 2.77 bits per heavy atom. The van der Waals surface area contributed by atoms with Crippen molar-refractivity contribution < 1.29 is 23.7 Å². The van der Waals surface area contributed by atoms with E-state index in [-0.39, 0.29) is 24.8 Å². The highest BCUT2D eigenvalue weighted by molar-refractivity contribution is 5.91. The number of ether oxygens (including phenoxy) is 4. The van der Waals surface area contributed by atoms with E-state index in [1.165, 1.54) is 16.7 Å². The van der Waals surface area contributed by atoms with Crippen LogP contribution >= 0.6 is 0 Å². The van der Waals surface area contributed by atoms with Crippen LogP contribution in [0.4, 0.5) is 0 Å². The molecule has 0 N–H and O–H groups in total. The molecular formula is C25H25NO5. The molecule has 1 unspecified atom stereocenters. The topological polar surface area (TPSA) is 57.2 Å². The van der Waals surface area contributed by atoms with Gasteiger partial charge in [0.05, 0.1) is 11.7 Å². The Morgan fingerprint density at radius 1 is 1.16 bits per heavy atom. The zero-order valence-electron chi connectivity index (χ0n) is 17.7. The third-order valence-corrected chi connectivity index (χ3v) is 7.12. The molecule has 0 aromatic heterocycles. The number of esters is 1. The van der Waals surface area contributed by atoms with Crippen molar-refractivity contribution in [3.05, 3.63) is 70.3 Å². The highest BCUT2D eigenvalue weighted by atomic mass is 16.7. The van der Waals surface area contributed by atoms with Crippen molar-refractivity contribution in [2.45, 2.75) is 44.1 Å². The van der Waals surface area contributed by atoms with Gasteiger partial charge in [-0.25, -0.2) is 4.79 Å². The average molecular weight is 419 g/mol. The van der Waals surface area contributed by atoms with Crippen LogP contribution in [0.3, 0.4) is 0 Å². The van der Waals surface area contributed by atoms with Crippen molar-refractivity contribution in [2.24, 2.45) is 0 Å². The van der Waals surface area contributed by atoms with Crippen molar-refractivity contribution in [2.75, 3.05) is 20.4 Å². The van der Waals surface area contributed by atoms with E-state index in [0.717, 1.165) is 36.6 Å². The fraction of sp³-hybridized carbons (Fsp3) is 0.400. The summed E-state index contributed by atoms with van der Waals surface area (Å²) in [7, 11) is 1.70. The van der Waals surface area contributed by atoms with Crippen LogP contribution in [0.1, 0.15) is 39.4 Å². The molecule has 31 heavy (non-hydrogen) atoms. The van der Waals surface area contributed by atoms with E-state index in [4.69, 9.17) is 18.9 Å². The summed E-state index contributed by atoms with van der Waals surface area (Å²) >= 11 is 0. The van der Waals surface area contributed by atoms with Gasteiger partial charge in [-0.1, -0.05) is 18.2 Å². The van der Waals surface area contributed by atoms with Gasteiger partial charge >= 0.3 is 5.97 Å². The second-order valence-electron chi connectivity index (χ2n) is 8.76. The van der Waals surface area contributed by atoms with E-state index in [1.54, 1.807) is 7.11 Å². The van der Waals surface area contributed by atoms with E-state index in [2.05, 4.69) is 23.1 Å². The molecule has 1 saturated heterocycles. The normalized spacial score (nSPS) is 29.7. The molecule has 6 nitrogen and oxygen atoms in total. The Kier molecular flexibility index (Phi) is 4.33. The molecule has 1 aliphatic carbocycles. The first-order chi connectivity index (χ1) is 15.1. The van der Waals surface area contributed by atoms with Gasteiger partial charge in [0.15, 0.2) is 11.5 Å². The van der Waals surface area contributed by atoms with Gasteiger partial charge < -0.3 is 18.9 Å². The molecule has 2 aromatic carbocycles. The van der Waals surface area contributed by atoms with Gasteiger partial charge in [-0.2, -0.15) is 0 Å². The summed E-state index contributed by atoms with van der Waals surface area (Å²) in [5, 5.41) is 0. The smallest absolute Gasteiger partial charge is 0.339 e. The van der Waals surface area contributed by atoms with Crippen LogP contribution < -0.4 is 9.47 Å². The Hall–Kier alpha value is -2.83. The average Bonchev–Trinajstić information content (AvgIpc) is 3.34. The van der Waals surface area contributed by atoms with Gasteiger partial charge in [0.1, 0.15) is 6.10 Å². The van der Waals surface area contributed by atoms with Gasteiger partial charge in [-0.15, -0.1) is 0 Å². The second-order valence-corrected chi connectivity index (χ2v) is 8.76. The quantitative estimate of drug-likeness (QED) is 0.560. The summed E-state index contributed by atoms with van der Waals surface area (Å²) in [5.41, 5.74) is 5.43. The highest BCUT2D eigenvalue weighted by Gasteiger charge is 2.47. The largest absolute Gasteiger partial charge is 0.454 e. The minimum Gasteiger partial charge on any atom is -0.454 e. The number of benzene rings is 2. The van der Waals surface area contributed by atoms with Gasteiger partial charge in [-0.05, 0) is 59.9 Å². The van der Waals surface area contributed by atoms with Crippen molar-refractivity contribution in [3.8, 4) is 11.5 Å². The summed E-state index contributed by atoms with van der Waals surface area (Å²) in [4.78, 5) is 15.4. The third kappa shape index (κ3) is 2.97. The number of carbonyl (C=O) groups excluding carboxylic acids is 1. The van der Waals surface area contributed by atoms with Crippen molar-refractivity contribution in [3.63, 3.8) is 0 Å². The summed E-state index contributed by atoms with van der Waals surface area (Å²) in [5.74, 6) is 1.63. The molecule has 2 bridgehead atoms. The van der Waals surface area contributed by atoms with Crippen LogP contribution in [0.2, 0.25) is 0 Å². The molecule has 0 saturated carbocycles. The van der Waals surface area contributed by atoms with Crippen molar-refractivity contribution in [1.29, 1.82) is 0 Å². The molecule has 0 spiro atoms. The first-order valence-electron chi connectivity index (χ1n) is 10.8. The Bertz CT molecular complexity index is 1090. The third-order valence-electron chi connectivity index (χ3n) is 7.12. The maximum Gasteiger partial charge on any atom is 0.339 e. The van der Waals surface area contributed by atoms with Crippen LogP contribution in [-0.4, -0.2) is 49.6 Å². The van der Waals surface area contributed by atoms with E-state index in [1.807, 2.05) is 31.2 Å². The molecule has 5 atom stereocenters. The second kappa shape index (κ2) is 7.11. The number of hydrogen-bond acceptors (Lipinski definition) is 6. The predicted octanol–water partition coefficient (Wildman–Crippen LogP) is 3.58. The number of methoxy groups -OCH3 is 1. The summed E-state index contributed by atoms with van der Waals surface area (Å²) in [6.07, 6.45) is 2.39. The predicted molar refractivity (Wildman–Crippen MR) is 113 cm³/mol. The Balaban J connectivity index is 1.34. The van der Waals surface area contributed by atoms with E-state index >= 15 is 0 Å². The number of carbonyl (C=O) groups is 1. The molecule has 3 heterocycles. The fourth-order valence-electron chi connectivity index (χ4n) is 5.54. The van der Waals surface area contributed by atoms with Crippen LogP contribution in [0.25, 0.3) is 0 Å². The SMILES string of the molecule is CO[C@H]1C[C@H]2C(=C[C@@H]1OC(=O)c1ccccc1C)[C@H]1CN2Cc2cc3c(cc21)OCO3. The number of nitrogens with zero attached hydrogens (tertiary/aromatic N) is 1. The first kappa shape index (κ1) is 18.9. The number of fused-ring (bicyclic) bond motifs is 8. The van der Waals surface area contributed by atoms with Crippen LogP contribution in [0, 0.1) is 6.92 Å². The van der Waals surface area contributed by atoms with Gasteiger partial charge in [-0.3, -0.25) is 4.90 Å².